The predicted molar refractivity (Wildman–Crippen MR) is 75.1 cm³/mol. The molecule has 1 aromatic carbocycles. The molecule has 1 aromatic rings. The molecule has 106 valence electrons. The zero-order valence-electron chi connectivity index (χ0n) is 11.2. The Morgan fingerprint density at radius 3 is 2.52 bits per heavy atom. The van der Waals surface area contributed by atoms with Crippen LogP contribution in [-0.2, 0) is 9.59 Å². The van der Waals surface area contributed by atoms with E-state index in [1.54, 1.807) is 24.3 Å². The first-order valence-corrected chi connectivity index (χ1v) is 6.83. The van der Waals surface area contributed by atoms with Crippen LogP contribution in [-0.4, -0.2) is 17.0 Å². The van der Waals surface area contributed by atoms with E-state index >= 15 is 0 Å². The van der Waals surface area contributed by atoms with E-state index in [0.717, 1.165) is 6.42 Å². The lowest BCUT2D eigenvalue weighted by Gasteiger charge is -2.24. The van der Waals surface area contributed by atoms with Gasteiger partial charge < -0.3 is 10.4 Å². The topological polar surface area (TPSA) is 90.2 Å². The van der Waals surface area contributed by atoms with E-state index in [1.807, 2.05) is 18.2 Å². The summed E-state index contributed by atoms with van der Waals surface area (Å²) in [6, 6.07) is 8.72. The normalized spacial score (nSPS) is 29.1. The van der Waals surface area contributed by atoms with Gasteiger partial charge in [-0.15, -0.1) is 0 Å². The summed E-state index contributed by atoms with van der Waals surface area (Å²) < 4.78 is 0. The van der Waals surface area contributed by atoms with Gasteiger partial charge in [0.1, 0.15) is 6.07 Å². The summed E-state index contributed by atoms with van der Waals surface area (Å²) in [5.74, 6) is -2.57. The number of carbonyl (C=O) groups excluding carboxylic acids is 1. The Bertz CT molecular complexity index is 674. The fourth-order valence-corrected chi connectivity index (χ4v) is 3.42. The number of carbonyl (C=O) groups is 2. The highest BCUT2D eigenvalue weighted by molar-refractivity contribution is 5.97. The first kappa shape index (κ1) is 13.4. The zero-order valence-corrected chi connectivity index (χ0v) is 11.2. The van der Waals surface area contributed by atoms with Crippen molar-refractivity contribution in [2.45, 2.75) is 6.42 Å². The molecule has 2 aliphatic carbocycles. The average Bonchev–Trinajstić information content (AvgIpc) is 3.08. The van der Waals surface area contributed by atoms with Crippen LogP contribution in [0, 0.1) is 35.0 Å². The molecule has 21 heavy (non-hydrogen) atoms. The molecule has 5 nitrogen and oxygen atoms in total. The minimum absolute atomic E-state index is 0.0228. The zero-order chi connectivity index (χ0) is 15.0. The molecule has 0 aliphatic heterocycles. The van der Waals surface area contributed by atoms with Gasteiger partial charge in [0.25, 0.3) is 0 Å². The molecule has 0 aromatic heterocycles. The molecule has 2 N–H and O–H groups in total. The van der Waals surface area contributed by atoms with E-state index in [9.17, 15) is 14.7 Å². The molecule has 0 radical (unpaired) electrons. The van der Waals surface area contributed by atoms with Crippen LogP contribution in [0.2, 0.25) is 0 Å². The highest BCUT2D eigenvalue weighted by Crippen LogP contribution is 2.48. The fraction of sp³-hybridized carbons (Fsp3) is 0.312. The third-order valence-electron chi connectivity index (χ3n) is 4.35. The van der Waals surface area contributed by atoms with Crippen LogP contribution in [0.3, 0.4) is 0 Å². The Labute approximate surface area is 121 Å². The lowest BCUT2D eigenvalue weighted by Crippen LogP contribution is -2.36. The maximum atomic E-state index is 12.5. The summed E-state index contributed by atoms with van der Waals surface area (Å²) >= 11 is 0. The molecule has 3 rings (SSSR count). The van der Waals surface area contributed by atoms with Crippen molar-refractivity contribution in [2.24, 2.45) is 23.7 Å². The van der Waals surface area contributed by atoms with E-state index in [0.29, 0.717) is 11.3 Å². The first-order chi connectivity index (χ1) is 10.1. The largest absolute Gasteiger partial charge is 0.481 e. The Morgan fingerprint density at radius 1 is 1.19 bits per heavy atom. The number of nitrogens with one attached hydrogen (secondary N) is 1. The van der Waals surface area contributed by atoms with E-state index in [4.69, 9.17) is 5.26 Å². The summed E-state index contributed by atoms with van der Waals surface area (Å²) in [5.41, 5.74) is 0.803. The number of nitriles is 1. The minimum Gasteiger partial charge on any atom is -0.481 e. The van der Waals surface area contributed by atoms with Crippen molar-refractivity contribution in [2.75, 3.05) is 5.32 Å². The Morgan fingerprint density at radius 2 is 1.86 bits per heavy atom. The molecular weight excluding hydrogens is 268 g/mol. The van der Waals surface area contributed by atoms with Crippen LogP contribution >= 0.6 is 0 Å². The van der Waals surface area contributed by atoms with Gasteiger partial charge in [0.05, 0.1) is 23.1 Å². The maximum Gasteiger partial charge on any atom is 0.307 e. The number of carboxylic acids is 1. The Hall–Kier alpha value is -2.61. The molecule has 2 bridgehead atoms. The van der Waals surface area contributed by atoms with Gasteiger partial charge in [0.15, 0.2) is 0 Å². The summed E-state index contributed by atoms with van der Waals surface area (Å²) in [6.45, 7) is 0. The van der Waals surface area contributed by atoms with E-state index in [-0.39, 0.29) is 17.7 Å². The van der Waals surface area contributed by atoms with Crippen LogP contribution in [0.25, 0.3) is 0 Å². The van der Waals surface area contributed by atoms with Crippen LogP contribution in [0.4, 0.5) is 5.69 Å². The van der Waals surface area contributed by atoms with Crippen molar-refractivity contribution < 1.29 is 14.7 Å². The molecule has 1 fully saturated rings. The second-order valence-corrected chi connectivity index (χ2v) is 5.48. The maximum absolute atomic E-state index is 12.5. The quantitative estimate of drug-likeness (QED) is 0.830. The number of aliphatic carboxylic acids is 1. The molecule has 1 saturated carbocycles. The standard InChI is InChI=1S/C16H14N2O3/c17-8-11-3-1-2-4-12(11)18-15(19)13-9-5-6-10(7-9)14(13)16(20)21/h1-6,9-10,13-14H,7H2,(H,18,19)(H,20,21)/t9-,10-,13+,14-/m0/s1. The van der Waals surface area contributed by atoms with Crippen LogP contribution < -0.4 is 5.32 Å². The SMILES string of the molecule is N#Cc1ccccc1NC(=O)[C@H]1[C@@H](C(=O)O)[C@H]2C=C[C@H]1C2. The number of benzene rings is 1. The molecular formula is C16H14N2O3. The van der Waals surface area contributed by atoms with Crippen molar-refractivity contribution in [3.8, 4) is 6.07 Å². The number of hydrogen-bond donors (Lipinski definition) is 2. The third-order valence-corrected chi connectivity index (χ3v) is 4.35. The molecule has 4 atom stereocenters. The number of para-hydroxylation sites is 1. The molecule has 1 amide bonds. The second-order valence-electron chi connectivity index (χ2n) is 5.48. The molecule has 0 unspecified atom stereocenters. The smallest absolute Gasteiger partial charge is 0.307 e. The fourth-order valence-electron chi connectivity index (χ4n) is 3.42. The molecule has 0 saturated heterocycles. The molecule has 2 aliphatic rings. The van der Waals surface area contributed by atoms with Crippen LogP contribution in [0.15, 0.2) is 36.4 Å². The van der Waals surface area contributed by atoms with Gasteiger partial charge in [0.2, 0.25) is 5.91 Å². The first-order valence-electron chi connectivity index (χ1n) is 6.83. The number of rotatable bonds is 3. The van der Waals surface area contributed by atoms with E-state index < -0.39 is 17.8 Å². The van der Waals surface area contributed by atoms with Crippen molar-refractivity contribution in [1.29, 1.82) is 5.26 Å². The van der Waals surface area contributed by atoms with Gasteiger partial charge >= 0.3 is 5.97 Å². The average molecular weight is 282 g/mol. The summed E-state index contributed by atoms with van der Waals surface area (Å²) in [6.07, 6.45) is 4.55. The van der Waals surface area contributed by atoms with Crippen molar-refractivity contribution in [3.05, 3.63) is 42.0 Å². The van der Waals surface area contributed by atoms with Gasteiger partial charge in [0, 0.05) is 0 Å². The highest BCUT2D eigenvalue weighted by atomic mass is 16.4. The summed E-state index contributed by atoms with van der Waals surface area (Å²) in [4.78, 5) is 23.9. The highest BCUT2D eigenvalue weighted by Gasteiger charge is 2.51. The van der Waals surface area contributed by atoms with Gasteiger partial charge in [-0.25, -0.2) is 0 Å². The number of carboxylic acid groups (broad SMARTS) is 1. The summed E-state index contributed by atoms with van der Waals surface area (Å²) in [7, 11) is 0. The Balaban J connectivity index is 1.84. The van der Waals surface area contributed by atoms with E-state index in [1.165, 1.54) is 0 Å². The molecule has 5 heteroatoms. The van der Waals surface area contributed by atoms with Crippen LogP contribution in [0.5, 0.6) is 0 Å². The molecule has 0 spiro atoms. The van der Waals surface area contributed by atoms with Gasteiger partial charge in [-0.2, -0.15) is 5.26 Å². The second kappa shape index (κ2) is 5.06. The number of amides is 1. The third kappa shape index (κ3) is 2.19. The van der Waals surface area contributed by atoms with Gasteiger partial charge in [-0.3, -0.25) is 9.59 Å². The number of nitrogens with zero attached hydrogens (tertiary/aromatic N) is 1. The van der Waals surface area contributed by atoms with Gasteiger partial charge in [-0.1, -0.05) is 24.3 Å². The van der Waals surface area contributed by atoms with Crippen molar-refractivity contribution in [3.63, 3.8) is 0 Å². The molecule has 0 heterocycles. The van der Waals surface area contributed by atoms with E-state index in [2.05, 4.69) is 5.32 Å². The number of hydrogen-bond acceptors (Lipinski definition) is 3. The lowest BCUT2D eigenvalue weighted by atomic mass is 9.82. The lowest BCUT2D eigenvalue weighted by molar-refractivity contribution is -0.146. The predicted octanol–water partition coefficient (Wildman–Crippen LogP) is 2.02. The van der Waals surface area contributed by atoms with Gasteiger partial charge in [-0.05, 0) is 30.4 Å². The monoisotopic (exact) mass is 282 g/mol. The Kier molecular flexibility index (Phi) is 3.22. The number of anilines is 1. The van der Waals surface area contributed by atoms with Crippen LogP contribution in [0.1, 0.15) is 12.0 Å². The summed E-state index contributed by atoms with van der Waals surface area (Å²) in [5, 5.41) is 21.1. The number of fused-ring (bicyclic) bond motifs is 2. The number of allylic oxidation sites excluding steroid dienone is 2. The van der Waals surface area contributed by atoms with Crippen molar-refractivity contribution in [1.82, 2.24) is 0 Å². The minimum atomic E-state index is -0.930. The van der Waals surface area contributed by atoms with Crippen molar-refractivity contribution >= 4 is 17.6 Å².